The summed E-state index contributed by atoms with van der Waals surface area (Å²) in [6.07, 6.45) is 1.59. The molecule has 170 valence electrons. The van der Waals surface area contributed by atoms with Gasteiger partial charge in [0.15, 0.2) is 5.58 Å². The predicted molar refractivity (Wildman–Crippen MR) is 122 cm³/mol. The van der Waals surface area contributed by atoms with Crippen molar-refractivity contribution in [3.8, 4) is 0 Å². The van der Waals surface area contributed by atoms with E-state index in [4.69, 9.17) is 4.42 Å². The first-order chi connectivity index (χ1) is 15.1. The lowest BCUT2D eigenvalue weighted by molar-refractivity contribution is -0.117. The third kappa shape index (κ3) is 4.35. The number of aryl methyl sites for hydroxylation is 3. The smallest absolute Gasteiger partial charge is 0.408 e. The van der Waals surface area contributed by atoms with Crippen LogP contribution in [0.3, 0.4) is 0 Å². The second kappa shape index (κ2) is 8.55. The number of hydrogen-bond donors (Lipinski definition) is 1. The minimum atomic E-state index is -3.71. The lowest BCUT2D eigenvalue weighted by Crippen LogP contribution is -2.39. The zero-order valence-electron chi connectivity index (χ0n) is 18.4. The fourth-order valence-corrected chi connectivity index (χ4v) is 5.68. The molecule has 0 radical (unpaired) electrons. The van der Waals surface area contributed by atoms with Crippen molar-refractivity contribution in [2.24, 2.45) is 13.0 Å². The van der Waals surface area contributed by atoms with Gasteiger partial charge >= 0.3 is 5.76 Å². The number of hydrogen-bond acceptors (Lipinski definition) is 5. The first kappa shape index (κ1) is 22.3. The van der Waals surface area contributed by atoms with Gasteiger partial charge in [-0.3, -0.25) is 9.36 Å². The summed E-state index contributed by atoms with van der Waals surface area (Å²) in [7, 11) is -2.13. The van der Waals surface area contributed by atoms with Gasteiger partial charge in [0, 0.05) is 38.3 Å². The monoisotopic (exact) mass is 457 g/mol. The second-order valence-electron chi connectivity index (χ2n) is 8.47. The SMILES string of the molecule is Cc1ccc(NC(=O)CC2CCN(S(=O)(=O)c3ccc4c(c3)oc(=O)n4C)CC2)c(C)c1. The fraction of sp³-hybridized carbons (Fsp3) is 0.391. The molecule has 1 saturated heterocycles. The number of nitrogens with zero attached hydrogens (tertiary/aromatic N) is 2. The van der Waals surface area contributed by atoms with E-state index in [-0.39, 0.29) is 22.3 Å². The van der Waals surface area contributed by atoms with Crippen molar-refractivity contribution in [3.05, 3.63) is 58.1 Å². The van der Waals surface area contributed by atoms with Gasteiger partial charge in [-0.05, 0) is 56.4 Å². The number of aromatic nitrogens is 1. The molecule has 0 aliphatic carbocycles. The number of piperidine rings is 1. The van der Waals surface area contributed by atoms with E-state index >= 15 is 0 Å². The predicted octanol–water partition coefficient (Wildman–Crippen LogP) is 3.18. The molecule has 3 aromatic rings. The summed E-state index contributed by atoms with van der Waals surface area (Å²) in [4.78, 5) is 24.3. The van der Waals surface area contributed by atoms with E-state index in [2.05, 4.69) is 5.32 Å². The van der Waals surface area contributed by atoms with Crippen LogP contribution in [0, 0.1) is 19.8 Å². The Bertz CT molecular complexity index is 1330. The lowest BCUT2D eigenvalue weighted by Gasteiger charge is -2.31. The van der Waals surface area contributed by atoms with E-state index < -0.39 is 15.8 Å². The molecular formula is C23H27N3O5S. The molecule has 1 aliphatic rings. The Morgan fingerprint density at radius 1 is 1.12 bits per heavy atom. The summed E-state index contributed by atoms with van der Waals surface area (Å²) in [6.45, 7) is 4.67. The highest BCUT2D eigenvalue weighted by Gasteiger charge is 2.30. The van der Waals surface area contributed by atoms with Crippen LogP contribution in [0.2, 0.25) is 0 Å². The largest absolute Gasteiger partial charge is 0.419 e. The van der Waals surface area contributed by atoms with Crippen LogP contribution in [0.4, 0.5) is 5.69 Å². The first-order valence-electron chi connectivity index (χ1n) is 10.6. The molecule has 2 aromatic carbocycles. The molecular weight excluding hydrogens is 430 g/mol. The third-order valence-corrected chi connectivity index (χ3v) is 8.00. The number of nitrogens with one attached hydrogen (secondary N) is 1. The summed E-state index contributed by atoms with van der Waals surface area (Å²) in [6, 6.07) is 10.4. The zero-order chi connectivity index (χ0) is 23.0. The molecule has 9 heteroatoms. The molecule has 0 spiro atoms. The average molecular weight is 458 g/mol. The number of amides is 1. The molecule has 0 saturated carbocycles. The molecule has 1 aromatic heterocycles. The summed E-state index contributed by atoms with van der Waals surface area (Å²) >= 11 is 0. The van der Waals surface area contributed by atoms with E-state index in [1.807, 2.05) is 32.0 Å². The van der Waals surface area contributed by atoms with Gasteiger partial charge in [-0.15, -0.1) is 0 Å². The zero-order valence-corrected chi connectivity index (χ0v) is 19.2. The summed E-state index contributed by atoms with van der Waals surface area (Å²) in [5.74, 6) is -0.459. The maximum atomic E-state index is 13.1. The highest BCUT2D eigenvalue weighted by Crippen LogP contribution is 2.28. The van der Waals surface area contributed by atoms with Crippen LogP contribution in [0.1, 0.15) is 30.4 Å². The molecule has 0 bridgehead atoms. The average Bonchev–Trinajstić information content (AvgIpc) is 3.03. The Morgan fingerprint density at radius 3 is 2.53 bits per heavy atom. The molecule has 1 aliphatic heterocycles. The highest BCUT2D eigenvalue weighted by atomic mass is 32.2. The minimum absolute atomic E-state index is 0.0529. The number of benzene rings is 2. The van der Waals surface area contributed by atoms with Crippen molar-refractivity contribution in [1.82, 2.24) is 8.87 Å². The van der Waals surface area contributed by atoms with Crippen molar-refractivity contribution < 1.29 is 17.6 Å². The quantitative estimate of drug-likeness (QED) is 0.634. The van der Waals surface area contributed by atoms with Crippen LogP contribution >= 0.6 is 0 Å². The summed E-state index contributed by atoms with van der Waals surface area (Å²) < 4.78 is 34.1. The normalized spacial score (nSPS) is 15.8. The molecule has 1 N–H and O–H groups in total. The van der Waals surface area contributed by atoms with Gasteiger partial charge in [0.25, 0.3) is 0 Å². The number of sulfonamides is 1. The molecule has 4 rings (SSSR count). The first-order valence-corrected chi connectivity index (χ1v) is 12.1. The summed E-state index contributed by atoms with van der Waals surface area (Å²) in [5, 5.41) is 2.97. The van der Waals surface area contributed by atoms with Gasteiger partial charge in [0.05, 0.1) is 10.4 Å². The van der Waals surface area contributed by atoms with Crippen LogP contribution in [0.25, 0.3) is 11.1 Å². The van der Waals surface area contributed by atoms with Gasteiger partial charge in [-0.2, -0.15) is 4.31 Å². The van der Waals surface area contributed by atoms with Crippen molar-refractivity contribution in [2.75, 3.05) is 18.4 Å². The van der Waals surface area contributed by atoms with E-state index in [1.165, 1.54) is 21.0 Å². The van der Waals surface area contributed by atoms with Crippen molar-refractivity contribution >= 4 is 32.7 Å². The molecule has 1 fully saturated rings. The topological polar surface area (TPSA) is 102 Å². The molecule has 8 nitrogen and oxygen atoms in total. The van der Waals surface area contributed by atoms with Gasteiger partial charge in [-0.25, -0.2) is 13.2 Å². The van der Waals surface area contributed by atoms with Gasteiger partial charge < -0.3 is 9.73 Å². The Morgan fingerprint density at radius 2 is 1.84 bits per heavy atom. The lowest BCUT2D eigenvalue weighted by atomic mass is 9.94. The Labute approximate surface area is 186 Å². The van der Waals surface area contributed by atoms with Crippen LogP contribution < -0.4 is 11.1 Å². The van der Waals surface area contributed by atoms with E-state index in [0.717, 1.165) is 16.8 Å². The third-order valence-electron chi connectivity index (χ3n) is 6.11. The van der Waals surface area contributed by atoms with Crippen molar-refractivity contribution in [3.63, 3.8) is 0 Å². The number of oxazole rings is 1. The molecule has 1 amide bonds. The Hall–Kier alpha value is -2.91. The fourth-order valence-electron chi connectivity index (χ4n) is 4.19. The van der Waals surface area contributed by atoms with Crippen LogP contribution in [-0.2, 0) is 21.9 Å². The number of anilines is 1. The van der Waals surface area contributed by atoms with Gasteiger partial charge in [0.2, 0.25) is 15.9 Å². The molecule has 2 heterocycles. The van der Waals surface area contributed by atoms with E-state index in [9.17, 15) is 18.0 Å². The number of carbonyl (C=O) groups is 1. The number of rotatable bonds is 5. The van der Waals surface area contributed by atoms with Crippen LogP contribution in [0.15, 0.2) is 50.5 Å². The second-order valence-corrected chi connectivity index (χ2v) is 10.4. The molecule has 32 heavy (non-hydrogen) atoms. The standard InChI is InChI=1S/C23H27N3O5S/c1-15-4-6-19(16(2)12-15)24-22(27)13-17-8-10-26(11-9-17)32(29,30)18-5-7-20-21(14-18)31-23(28)25(20)3/h4-7,12,14,17H,8-11,13H2,1-3H3,(H,24,27). The molecule has 0 atom stereocenters. The van der Waals surface area contributed by atoms with Crippen molar-refractivity contribution in [2.45, 2.75) is 38.0 Å². The number of fused-ring (bicyclic) bond motifs is 1. The number of carbonyl (C=O) groups excluding carboxylic acids is 1. The van der Waals surface area contributed by atoms with Crippen LogP contribution in [-0.4, -0.2) is 36.3 Å². The Kier molecular flexibility index (Phi) is 5.96. The summed E-state index contributed by atoms with van der Waals surface area (Å²) in [5.41, 5.74) is 3.76. The maximum absolute atomic E-state index is 13.1. The van der Waals surface area contributed by atoms with E-state index in [0.29, 0.717) is 37.9 Å². The minimum Gasteiger partial charge on any atom is -0.408 e. The Balaban J connectivity index is 1.38. The highest BCUT2D eigenvalue weighted by molar-refractivity contribution is 7.89. The van der Waals surface area contributed by atoms with Crippen LogP contribution in [0.5, 0.6) is 0 Å². The van der Waals surface area contributed by atoms with E-state index in [1.54, 1.807) is 13.1 Å². The van der Waals surface area contributed by atoms with Gasteiger partial charge in [-0.1, -0.05) is 17.7 Å². The molecule has 0 unspecified atom stereocenters. The maximum Gasteiger partial charge on any atom is 0.419 e. The van der Waals surface area contributed by atoms with Crippen molar-refractivity contribution in [1.29, 1.82) is 0 Å². The van der Waals surface area contributed by atoms with Gasteiger partial charge in [0.1, 0.15) is 0 Å².